The van der Waals surface area contributed by atoms with Gasteiger partial charge in [0.25, 0.3) is 5.56 Å². The van der Waals surface area contributed by atoms with Crippen molar-refractivity contribution >= 4 is 16.7 Å². The summed E-state index contributed by atoms with van der Waals surface area (Å²) in [4.78, 5) is 33.8. The number of pyridine rings is 2. The molecule has 0 radical (unpaired) electrons. The Labute approximate surface area is 276 Å². The van der Waals surface area contributed by atoms with E-state index >= 15 is 4.39 Å². The molecule has 3 aromatic carbocycles. The predicted octanol–water partition coefficient (Wildman–Crippen LogP) is 5.40. The van der Waals surface area contributed by atoms with Crippen molar-refractivity contribution in [3.8, 4) is 34.4 Å². The summed E-state index contributed by atoms with van der Waals surface area (Å²) in [5.41, 5.74) is 1.91. The van der Waals surface area contributed by atoms with E-state index in [-0.39, 0.29) is 17.7 Å². The van der Waals surface area contributed by atoms with Gasteiger partial charge in [-0.2, -0.15) is 0 Å². The summed E-state index contributed by atoms with van der Waals surface area (Å²) in [5.74, 6) is 0.595. The first kappa shape index (κ1) is 31.3. The summed E-state index contributed by atoms with van der Waals surface area (Å²) < 4.78 is 45.7. The number of nitrogens with zero attached hydrogens (tertiary/aromatic N) is 3. The van der Waals surface area contributed by atoms with Crippen LogP contribution in [0, 0.1) is 5.82 Å². The van der Waals surface area contributed by atoms with E-state index in [4.69, 9.17) is 23.7 Å². The third-order valence-corrected chi connectivity index (χ3v) is 8.50. The lowest BCUT2D eigenvalue weighted by Gasteiger charge is -2.26. The zero-order chi connectivity index (χ0) is 33.0. The number of hydrogen-bond donors (Lipinski definition) is 0. The summed E-state index contributed by atoms with van der Waals surface area (Å²) in [6.45, 7) is 4.79. The SMILES string of the molecule is COc1cc2c(Oc3ccc(CC(=O)c4c5c(cn(-c6ccccc6)c4=O)CCO5)cc3F)ccnc2cc1OCCN1CCOCC1. The van der Waals surface area contributed by atoms with Gasteiger partial charge in [0.2, 0.25) is 0 Å². The standard InChI is InChI=1S/C37H34FN3O7/c1-44-33-21-27-29(22-34(33)46-18-14-40-12-16-45-17-13-40)39-11-9-31(27)48-32-8-7-24(19-28(32)38)20-30(42)35-36-25(10-15-47-36)23-41(37(35)43)26-5-3-2-4-6-26/h2-9,11,19,21-23H,10,12-18,20H2,1H3. The highest BCUT2D eigenvalue weighted by atomic mass is 19.1. The zero-order valence-corrected chi connectivity index (χ0v) is 26.4. The number of ether oxygens (including phenoxy) is 5. The molecule has 0 atom stereocenters. The third-order valence-electron chi connectivity index (χ3n) is 8.50. The largest absolute Gasteiger partial charge is 0.493 e. The van der Waals surface area contributed by atoms with Crippen LogP contribution in [-0.2, 0) is 17.6 Å². The number of para-hydroxylation sites is 1. The minimum absolute atomic E-state index is 0.0288. The monoisotopic (exact) mass is 651 g/mol. The molecular weight excluding hydrogens is 617 g/mol. The normalized spacial score (nSPS) is 14.4. The van der Waals surface area contributed by atoms with Crippen molar-refractivity contribution in [2.45, 2.75) is 12.8 Å². The summed E-state index contributed by atoms with van der Waals surface area (Å²) in [6.07, 6.45) is 3.70. The van der Waals surface area contributed by atoms with Crippen LogP contribution in [0.4, 0.5) is 4.39 Å². The number of carbonyl (C=O) groups excluding carboxylic acids is 1. The molecule has 0 spiro atoms. The molecule has 2 aromatic heterocycles. The highest BCUT2D eigenvalue weighted by Gasteiger charge is 2.27. The van der Waals surface area contributed by atoms with Crippen molar-refractivity contribution in [2.75, 3.05) is 53.2 Å². The second-order valence-corrected chi connectivity index (χ2v) is 11.6. The van der Waals surface area contributed by atoms with E-state index in [1.54, 1.807) is 55.9 Å². The van der Waals surface area contributed by atoms with Crippen molar-refractivity contribution < 1.29 is 32.9 Å². The van der Waals surface area contributed by atoms with Gasteiger partial charge >= 0.3 is 0 Å². The van der Waals surface area contributed by atoms with Crippen LogP contribution in [-0.4, -0.2) is 73.4 Å². The Kier molecular flexibility index (Phi) is 9.04. The van der Waals surface area contributed by atoms with Gasteiger partial charge in [0.15, 0.2) is 28.8 Å². The van der Waals surface area contributed by atoms with Gasteiger partial charge in [-0.3, -0.25) is 24.0 Å². The number of hydrogen-bond acceptors (Lipinski definition) is 9. The summed E-state index contributed by atoms with van der Waals surface area (Å²) in [5, 5.41) is 0.612. The first-order valence-electron chi connectivity index (χ1n) is 15.8. The smallest absolute Gasteiger partial charge is 0.269 e. The van der Waals surface area contributed by atoms with Crippen LogP contribution >= 0.6 is 0 Å². The van der Waals surface area contributed by atoms with Gasteiger partial charge in [0.05, 0.1) is 32.4 Å². The maximum absolute atomic E-state index is 15.5. The molecule has 0 aliphatic carbocycles. The predicted molar refractivity (Wildman–Crippen MR) is 177 cm³/mol. The van der Waals surface area contributed by atoms with Crippen LogP contribution in [0.15, 0.2) is 83.9 Å². The van der Waals surface area contributed by atoms with E-state index in [1.807, 2.05) is 18.2 Å². The van der Waals surface area contributed by atoms with Gasteiger partial charge in [-0.25, -0.2) is 4.39 Å². The van der Waals surface area contributed by atoms with Gasteiger partial charge in [-0.15, -0.1) is 0 Å². The van der Waals surface area contributed by atoms with E-state index in [0.29, 0.717) is 64.8 Å². The Morgan fingerprint density at radius 3 is 2.58 bits per heavy atom. The fourth-order valence-electron chi connectivity index (χ4n) is 6.01. The Balaban J connectivity index is 1.09. The van der Waals surface area contributed by atoms with Crippen LogP contribution in [0.3, 0.4) is 0 Å². The lowest BCUT2D eigenvalue weighted by molar-refractivity contribution is 0.0321. The third kappa shape index (κ3) is 6.47. The number of rotatable bonds is 11. The van der Waals surface area contributed by atoms with Crippen molar-refractivity contribution in [3.05, 3.63) is 112 Å². The maximum atomic E-state index is 15.5. The molecule has 0 amide bonds. The molecule has 7 rings (SSSR count). The number of fused-ring (bicyclic) bond motifs is 2. The molecule has 0 unspecified atom stereocenters. The molecule has 0 N–H and O–H groups in total. The minimum atomic E-state index is -0.656. The Morgan fingerprint density at radius 2 is 1.79 bits per heavy atom. The van der Waals surface area contributed by atoms with Crippen LogP contribution in [0.25, 0.3) is 16.6 Å². The van der Waals surface area contributed by atoms with Crippen molar-refractivity contribution in [1.82, 2.24) is 14.5 Å². The molecule has 0 saturated carbocycles. The quantitative estimate of drug-likeness (QED) is 0.174. The van der Waals surface area contributed by atoms with Gasteiger partial charge in [0.1, 0.15) is 23.7 Å². The molecular formula is C37H34FN3O7. The van der Waals surface area contributed by atoms with Crippen molar-refractivity contribution in [3.63, 3.8) is 0 Å². The molecule has 2 aliphatic heterocycles. The number of ketones is 1. The van der Waals surface area contributed by atoms with Crippen LogP contribution < -0.4 is 24.5 Å². The first-order chi connectivity index (χ1) is 23.5. The molecule has 48 heavy (non-hydrogen) atoms. The number of morpholine rings is 1. The number of aromatic nitrogens is 2. The van der Waals surface area contributed by atoms with Gasteiger partial charge in [-0.1, -0.05) is 24.3 Å². The highest BCUT2D eigenvalue weighted by Crippen LogP contribution is 2.38. The Hall–Kier alpha value is -5.26. The number of methoxy groups -OCH3 is 1. The maximum Gasteiger partial charge on any atom is 0.269 e. The summed E-state index contributed by atoms with van der Waals surface area (Å²) >= 11 is 0. The number of carbonyl (C=O) groups is 1. The Morgan fingerprint density at radius 1 is 0.958 bits per heavy atom. The zero-order valence-electron chi connectivity index (χ0n) is 26.4. The molecule has 246 valence electrons. The Bertz CT molecular complexity index is 2030. The molecule has 5 aromatic rings. The number of halogens is 1. The van der Waals surface area contributed by atoms with Crippen LogP contribution in [0.1, 0.15) is 21.5 Å². The second-order valence-electron chi connectivity index (χ2n) is 11.6. The molecule has 1 saturated heterocycles. The molecule has 1 fully saturated rings. The second kappa shape index (κ2) is 13.8. The average Bonchev–Trinajstić information content (AvgIpc) is 3.58. The average molecular weight is 652 g/mol. The van der Waals surface area contributed by atoms with Gasteiger partial charge < -0.3 is 23.7 Å². The fraction of sp³-hybridized carbons (Fsp3) is 0.270. The lowest BCUT2D eigenvalue weighted by atomic mass is 10.0. The number of Topliss-reactive ketones (excluding diaryl/α,β-unsaturated/α-hetero) is 1. The summed E-state index contributed by atoms with van der Waals surface area (Å²) in [7, 11) is 1.55. The fourth-order valence-corrected chi connectivity index (χ4v) is 6.01. The van der Waals surface area contributed by atoms with E-state index < -0.39 is 17.2 Å². The first-order valence-corrected chi connectivity index (χ1v) is 15.8. The van der Waals surface area contributed by atoms with Gasteiger partial charge in [-0.05, 0) is 42.0 Å². The molecule has 2 aliphatic rings. The van der Waals surface area contributed by atoms with Crippen molar-refractivity contribution in [1.29, 1.82) is 0 Å². The number of benzene rings is 3. The molecule has 11 heteroatoms. The molecule has 10 nitrogen and oxygen atoms in total. The van der Waals surface area contributed by atoms with E-state index in [1.165, 1.54) is 16.7 Å². The minimum Gasteiger partial charge on any atom is -0.493 e. The van der Waals surface area contributed by atoms with Crippen LogP contribution in [0.5, 0.6) is 28.7 Å². The highest BCUT2D eigenvalue weighted by molar-refractivity contribution is 6.00. The van der Waals surface area contributed by atoms with Gasteiger partial charge in [0, 0.05) is 67.6 Å². The molecule has 4 heterocycles. The van der Waals surface area contributed by atoms with E-state index in [9.17, 15) is 9.59 Å². The summed E-state index contributed by atoms with van der Waals surface area (Å²) in [6, 6.07) is 18.6. The van der Waals surface area contributed by atoms with E-state index in [2.05, 4.69) is 9.88 Å². The molecule has 0 bridgehead atoms. The lowest BCUT2D eigenvalue weighted by Crippen LogP contribution is -2.38. The topological polar surface area (TPSA) is 101 Å². The van der Waals surface area contributed by atoms with Crippen LogP contribution in [0.2, 0.25) is 0 Å². The van der Waals surface area contributed by atoms with Crippen molar-refractivity contribution in [2.24, 2.45) is 0 Å². The van der Waals surface area contributed by atoms with E-state index in [0.717, 1.165) is 38.4 Å².